The van der Waals surface area contributed by atoms with Crippen LogP contribution in [0.3, 0.4) is 0 Å². The first-order valence-electron chi connectivity index (χ1n) is 8.89. The van der Waals surface area contributed by atoms with E-state index in [1.807, 2.05) is 35.5 Å². The lowest BCUT2D eigenvalue weighted by Gasteiger charge is -2.32. The first kappa shape index (κ1) is 18.1. The van der Waals surface area contributed by atoms with Crippen LogP contribution >= 0.6 is 23.1 Å². The van der Waals surface area contributed by atoms with Crippen LogP contribution in [-0.2, 0) is 11.2 Å². The summed E-state index contributed by atoms with van der Waals surface area (Å²) in [6, 6.07) is 16.8. The van der Waals surface area contributed by atoms with Gasteiger partial charge in [0, 0.05) is 33.4 Å². The van der Waals surface area contributed by atoms with Gasteiger partial charge in [-0.05, 0) is 48.6 Å². The van der Waals surface area contributed by atoms with E-state index < -0.39 is 5.97 Å². The zero-order valence-electron chi connectivity index (χ0n) is 14.6. The molecular weight excluding hydrogens is 376 g/mol. The van der Waals surface area contributed by atoms with Gasteiger partial charge in [-0.3, -0.25) is 0 Å². The van der Waals surface area contributed by atoms with Crippen LogP contribution in [0.15, 0.2) is 65.0 Å². The number of aryl methyl sites for hydroxylation is 1. The number of thioether (sulfide) groups is 1. The first-order chi connectivity index (χ1) is 13.2. The van der Waals surface area contributed by atoms with Gasteiger partial charge >= 0.3 is 0 Å². The van der Waals surface area contributed by atoms with Gasteiger partial charge in [0.15, 0.2) is 0 Å². The van der Waals surface area contributed by atoms with Crippen LogP contribution in [0.2, 0.25) is 0 Å². The van der Waals surface area contributed by atoms with Gasteiger partial charge in [-0.1, -0.05) is 30.3 Å². The third-order valence-corrected chi connectivity index (χ3v) is 6.80. The Hall–Kier alpha value is -2.31. The smallest absolute Gasteiger partial charge is 0.115 e. The number of hydrogen-bond donors (Lipinski definition) is 1. The largest absolute Gasteiger partial charge is 0.550 e. The predicted octanol–water partition coefficient (Wildman–Crippen LogP) is 4.22. The molecule has 0 amide bonds. The summed E-state index contributed by atoms with van der Waals surface area (Å²) in [5.74, 6) is -1.01. The van der Waals surface area contributed by atoms with E-state index in [0.29, 0.717) is 6.42 Å². The van der Waals surface area contributed by atoms with Crippen molar-refractivity contribution in [1.82, 2.24) is 4.98 Å². The highest BCUT2D eigenvalue weighted by Gasteiger charge is 2.29. The van der Waals surface area contributed by atoms with Gasteiger partial charge in [-0.15, -0.1) is 23.1 Å². The van der Waals surface area contributed by atoms with Crippen LogP contribution < -0.4 is 10.4 Å². The van der Waals surface area contributed by atoms with Crippen molar-refractivity contribution in [2.45, 2.75) is 35.4 Å². The molecule has 6 heteroatoms. The molecule has 2 aromatic carbocycles. The van der Waals surface area contributed by atoms with Crippen molar-refractivity contribution in [2.24, 2.45) is 0 Å². The van der Waals surface area contributed by atoms with Gasteiger partial charge < -0.3 is 15.2 Å². The Morgan fingerprint density at radius 3 is 2.85 bits per heavy atom. The molecule has 1 aliphatic rings. The Kier molecular flexibility index (Phi) is 5.45. The normalized spacial score (nSPS) is 18.5. The number of anilines is 1. The summed E-state index contributed by atoms with van der Waals surface area (Å²) < 4.78 is 0. The Bertz CT molecular complexity index is 913. The topological polar surface area (TPSA) is 65.0 Å². The maximum atomic E-state index is 10.8. The summed E-state index contributed by atoms with van der Waals surface area (Å²) in [5, 5.41) is 17.8. The highest BCUT2D eigenvalue weighted by atomic mass is 32.2. The molecule has 0 radical (unpaired) electrons. The van der Waals surface area contributed by atoms with Gasteiger partial charge in [0.25, 0.3) is 0 Å². The van der Waals surface area contributed by atoms with E-state index in [9.17, 15) is 9.90 Å². The SMILES string of the molecule is O=C([O-])CCc1ccc2c(c1)C(Sc1ccccc1)CC(c1nccs1)N2. The Morgan fingerprint density at radius 1 is 1.26 bits per heavy atom. The van der Waals surface area contributed by atoms with Gasteiger partial charge in [0.1, 0.15) is 5.01 Å². The molecule has 1 aliphatic heterocycles. The van der Waals surface area contributed by atoms with E-state index in [0.717, 1.165) is 22.7 Å². The summed E-state index contributed by atoms with van der Waals surface area (Å²) in [7, 11) is 0. The number of benzene rings is 2. The molecule has 2 heterocycles. The quantitative estimate of drug-likeness (QED) is 0.677. The molecule has 1 N–H and O–H groups in total. The molecule has 0 fully saturated rings. The molecule has 3 aromatic rings. The van der Waals surface area contributed by atoms with Crippen molar-refractivity contribution in [1.29, 1.82) is 0 Å². The highest BCUT2D eigenvalue weighted by Crippen LogP contribution is 2.48. The van der Waals surface area contributed by atoms with Gasteiger partial charge in [0.05, 0.1) is 6.04 Å². The van der Waals surface area contributed by atoms with E-state index in [-0.39, 0.29) is 17.7 Å². The molecule has 138 valence electrons. The number of nitrogens with zero attached hydrogens (tertiary/aromatic N) is 1. The minimum Gasteiger partial charge on any atom is -0.550 e. The maximum absolute atomic E-state index is 10.8. The number of carbonyl (C=O) groups is 1. The average Bonchev–Trinajstić information content (AvgIpc) is 3.22. The number of rotatable bonds is 6. The molecule has 0 bridgehead atoms. The lowest BCUT2D eigenvalue weighted by molar-refractivity contribution is -0.305. The van der Waals surface area contributed by atoms with Gasteiger partial charge in [0.2, 0.25) is 0 Å². The number of hydrogen-bond acceptors (Lipinski definition) is 6. The number of thiazole rings is 1. The molecule has 0 spiro atoms. The van der Waals surface area contributed by atoms with Crippen LogP contribution in [-0.4, -0.2) is 11.0 Å². The number of nitrogens with one attached hydrogen (secondary N) is 1. The minimum atomic E-state index is -1.01. The lowest BCUT2D eigenvalue weighted by Crippen LogP contribution is -2.23. The zero-order valence-corrected chi connectivity index (χ0v) is 16.3. The zero-order chi connectivity index (χ0) is 18.6. The van der Waals surface area contributed by atoms with Gasteiger partial charge in [-0.25, -0.2) is 4.98 Å². The van der Waals surface area contributed by atoms with Crippen molar-refractivity contribution >= 4 is 34.8 Å². The van der Waals surface area contributed by atoms with Gasteiger partial charge in [-0.2, -0.15) is 0 Å². The fraction of sp³-hybridized carbons (Fsp3) is 0.238. The van der Waals surface area contributed by atoms with E-state index in [1.165, 1.54) is 10.5 Å². The molecule has 0 aliphatic carbocycles. The molecule has 2 unspecified atom stereocenters. The third kappa shape index (κ3) is 4.34. The Balaban J connectivity index is 1.64. The highest BCUT2D eigenvalue weighted by molar-refractivity contribution is 7.99. The van der Waals surface area contributed by atoms with E-state index in [4.69, 9.17) is 0 Å². The molecule has 0 saturated carbocycles. The number of aliphatic carboxylic acids is 1. The second-order valence-corrected chi connectivity index (χ2v) is 8.72. The van der Waals surface area contributed by atoms with Crippen molar-refractivity contribution < 1.29 is 9.90 Å². The molecule has 27 heavy (non-hydrogen) atoms. The number of carbonyl (C=O) groups excluding carboxylic acids is 1. The number of fused-ring (bicyclic) bond motifs is 1. The predicted molar refractivity (Wildman–Crippen MR) is 108 cm³/mol. The molecule has 4 rings (SSSR count). The maximum Gasteiger partial charge on any atom is 0.115 e. The molecule has 4 nitrogen and oxygen atoms in total. The summed E-state index contributed by atoms with van der Waals surface area (Å²) >= 11 is 3.52. The van der Waals surface area contributed by atoms with Crippen molar-refractivity contribution in [3.8, 4) is 0 Å². The van der Waals surface area contributed by atoms with E-state index in [1.54, 1.807) is 11.3 Å². The second kappa shape index (κ2) is 8.15. The first-order valence-corrected chi connectivity index (χ1v) is 10.7. The molecule has 1 aromatic heterocycles. The monoisotopic (exact) mass is 395 g/mol. The van der Waals surface area contributed by atoms with Crippen LogP contribution in [0, 0.1) is 0 Å². The van der Waals surface area contributed by atoms with Crippen molar-refractivity contribution in [2.75, 3.05) is 5.32 Å². The van der Waals surface area contributed by atoms with Crippen molar-refractivity contribution in [3.05, 3.63) is 76.2 Å². The number of carboxylic acid groups (broad SMARTS) is 1. The summed E-state index contributed by atoms with van der Waals surface area (Å²) in [5.41, 5.74) is 3.37. The number of aromatic nitrogens is 1. The summed E-state index contributed by atoms with van der Waals surface area (Å²) in [6.07, 6.45) is 3.32. The third-order valence-electron chi connectivity index (χ3n) is 4.63. The minimum absolute atomic E-state index is 0.0461. The Morgan fingerprint density at radius 2 is 2.11 bits per heavy atom. The standard InChI is InChI=1S/C21H20N2O2S2/c24-20(25)9-7-14-6-8-17-16(12-14)19(27-15-4-2-1-3-5-15)13-18(23-17)21-22-10-11-26-21/h1-6,8,10-12,18-19,23H,7,9,13H2,(H,24,25)/p-1. The summed E-state index contributed by atoms with van der Waals surface area (Å²) in [6.45, 7) is 0. The molecular formula is C21H19N2O2S2-. The van der Waals surface area contributed by atoms with Crippen LogP contribution in [0.1, 0.15) is 40.3 Å². The van der Waals surface area contributed by atoms with Crippen LogP contribution in [0.5, 0.6) is 0 Å². The average molecular weight is 396 g/mol. The molecule has 2 atom stereocenters. The van der Waals surface area contributed by atoms with Crippen LogP contribution in [0.25, 0.3) is 0 Å². The molecule has 0 saturated heterocycles. The van der Waals surface area contributed by atoms with E-state index >= 15 is 0 Å². The fourth-order valence-electron chi connectivity index (χ4n) is 3.34. The Labute approximate surface area is 166 Å². The lowest BCUT2D eigenvalue weighted by atomic mass is 9.95. The van der Waals surface area contributed by atoms with Crippen molar-refractivity contribution in [3.63, 3.8) is 0 Å². The van der Waals surface area contributed by atoms with Crippen LogP contribution in [0.4, 0.5) is 5.69 Å². The fourth-order valence-corrected chi connectivity index (χ4v) is 5.30. The second-order valence-electron chi connectivity index (χ2n) is 6.52. The summed E-state index contributed by atoms with van der Waals surface area (Å²) in [4.78, 5) is 16.5. The number of carboxylic acids is 1. The van der Waals surface area contributed by atoms with E-state index in [2.05, 4.69) is 46.7 Å².